The Morgan fingerprint density at radius 2 is 0.761 bits per heavy atom. The Morgan fingerprint density at radius 3 is 1.30 bits per heavy atom. The van der Waals surface area contributed by atoms with Crippen LogP contribution in [0.15, 0.2) is 158 Å². The van der Waals surface area contributed by atoms with Crippen molar-refractivity contribution in [1.82, 2.24) is 0 Å². The molecule has 0 aliphatic rings. The highest BCUT2D eigenvalue weighted by Gasteiger charge is 2.21. The molecular weight excluding hydrogens is 555 g/mol. The number of hydrogen-bond donors (Lipinski definition) is 0. The van der Waals surface area contributed by atoms with Gasteiger partial charge in [-0.05, 0) is 89.6 Å². The van der Waals surface area contributed by atoms with Gasteiger partial charge in [-0.25, -0.2) is 0 Å². The predicted molar refractivity (Wildman–Crippen MR) is 200 cm³/mol. The van der Waals surface area contributed by atoms with E-state index in [9.17, 15) is 0 Å². The topological polar surface area (TPSA) is 3.24 Å². The average Bonchev–Trinajstić information content (AvgIpc) is 3.11. The molecule has 0 heterocycles. The Bertz CT molecular complexity index is 2510. The van der Waals surface area contributed by atoms with Gasteiger partial charge in [-0.3, -0.25) is 0 Å². The first-order valence-electron chi connectivity index (χ1n) is 16.2. The van der Waals surface area contributed by atoms with Crippen LogP contribution in [-0.2, 0) is 0 Å². The molecule has 0 spiro atoms. The third-order valence-electron chi connectivity index (χ3n) is 9.74. The number of nitrogens with zero attached hydrogens (tertiary/aromatic N) is 1. The van der Waals surface area contributed by atoms with Gasteiger partial charge in [0.2, 0.25) is 0 Å². The van der Waals surface area contributed by atoms with E-state index in [1.807, 2.05) is 0 Å². The summed E-state index contributed by atoms with van der Waals surface area (Å²) in [4.78, 5) is 2.50. The Hall–Kier alpha value is -5.66. The fourth-order valence-corrected chi connectivity index (χ4v) is 7.42. The van der Waals surface area contributed by atoms with Gasteiger partial charge in [-0.1, -0.05) is 147 Å². The first-order chi connectivity index (χ1) is 22.6. The molecule has 0 saturated carbocycles. The number of anilines is 3. The van der Waals surface area contributed by atoms with E-state index < -0.39 is 0 Å². The van der Waals surface area contributed by atoms with Crippen LogP contribution in [0, 0.1) is 0 Å². The van der Waals surface area contributed by atoms with Crippen molar-refractivity contribution in [3.05, 3.63) is 163 Å². The molecule has 0 bridgehead atoms. The summed E-state index contributed by atoms with van der Waals surface area (Å²) in [6.07, 6.45) is 0. The second-order valence-corrected chi connectivity index (χ2v) is 12.8. The van der Waals surface area contributed by atoms with E-state index in [1.165, 1.54) is 81.6 Å². The van der Waals surface area contributed by atoms with Crippen LogP contribution in [0.25, 0.3) is 64.6 Å². The standard InChI is InChI=1S/C45H33N/c1-29(2)30-21-23-38-33(25-30)19-20-34-26-35(22-24-39(34)38)46(44-27-31-11-3-5-13-36(31)40-15-7-9-17-42(40)44)45-28-32-12-4-6-14-37(32)41-16-8-10-18-43(41)45/h3-29H,1-2H3. The molecule has 1 nitrogen and oxygen atoms in total. The van der Waals surface area contributed by atoms with Gasteiger partial charge < -0.3 is 4.90 Å². The van der Waals surface area contributed by atoms with Gasteiger partial charge in [0.1, 0.15) is 0 Å². The van der Waals surface area contributed by atoms with E-state index in [-0.39, 0.29) is 0 Å². The monoisotopic (exact) mass is 587 g/mol. The lowest BCUT2D eigenvalue weighted by molar-refractivity contribution is 0.869. The summed E-state index contributed by atoms with van der Waals surface area (Å²) in [5, 5.41) is 15.1. The first kappa shape index (κ1) is 26.7. The molecule has 0 aliphatic heterocycles. The summed E-state index contributed by atoms with van der Waals surface area (Å²) >= 11 is 0. The Labute approximate surface area is 268 Å². The summed E-state index contributed by atoms with van der Waals surface area (Å²) < 4.78 is 0. The maximum Gasteiger partial charge on any atom is 0.0546 e. The molecule has 0 aromatic heterocycles. The molecule has 0 fully saturated rings. The molecule has 9 aromatic carbocycles. The minimum Gasteiger partial charge on any atom is -0.309 e. The van der Waals surface area contributed by atoms with E-state index >= 15 is 0 Å². The lowest BCUT2D eigenvalue weighted by Crippen LogP contribution is -2.11. The van der Waals surface area contributed by atoms with Crippen molar-refractivity contribution < 1.29 is 0 Å². The number of rotatable bonds is 4. The summed E-state index contributed by atoms with van der Waals surface area (Å²) in [6.45, 7) is 4.52. The van der Waals surface area contributed by atoms with Crippen LogP contribution in [0.1, 0.15) is 25.3 Å². The SMILES string of the molecule is CC(C)c1ccc2c(ccc3cc(N(c4cc5ccccc5c5ccccc45)c4cc5ccccc5c5ccccc45)ccc32)c1. The van der Waals surface area contributed by atoms with E-state index in [4.69, 9.17) is 0 Å². The molecule has 0 unspecified atom stereocenters. The molecule has 0 aliphatic carbocycles. The summed E-state index contributed by atoms with van der Waals surface area (Å²) in [7, 11) is 0. The molecule has 0 amide bonds. The predicted octanol–water partition coefficient (Wildman–Crippen LogP) is 13.2. The van der Waals surface area contributed by atoms with Crippen LogP contribution < -0.4 is 4.90 Å². The van der Waals surface area contributed by atoms with Gasteiger partial charge >= 0.3 is 0 Å². The van der Waals surface area contributed by atoms with Crippen LogP contribution in [0.3, 0.4) is 0 Å². The highest BCUT2D eigenvalue weighted by Crippen LogP contribution is 2.46. The van der Waals surface area contributed by atoms with Crippen molar-refractivity contribution in [3.8, 4) is 0 Å². The minimum atomic E-state index is 0.504. The third-order valence-corrected chi connectivity index (χ3v) is 9.74. The Kier molecular flexibility index (Phi) is 6.08. The van der Waals surface area contributed by atoms with Gasteiger partial charge in [0.25, 0.3) is 0 Å². The van der Waals surface area contributed by atoms with Crippen molar-refractivity contribution in [2.24, 2.45) is 0 Å². The maximum atomic E-state index is 2.50. The van der Waals surface area contributed by atoms with Crippen LogP contribution >= 0.6 is 0 Å². The second kappa shape index (κ2) is 10.5. The molecule has 9 aromatic rings. The fourth-order valence-electron chi connectivity index (χ4n) is 7.42. The molecule has 0 atom stereocenters. The average molecular weight is 588 g/mol. The smallest absolute Gasteiger partial charge is 0.0546 e. The minimum absolute atomic E-state index is 0.504. The molecule has 0 radical (unpaired) electrons. The van der Waals surface area contributed by atoms with Crippen molar-refractivity contribution in [1.29, 1.82) is 0 Å². The molecule has 0 saturated heterocycles. The van der Waals surface area contributed by atoms with Crippen LogP contribution in [-0.4, -0.2) is 0 Å². The molecular formula is C45H33N. The van der Waals surface area contributed by atoms with Gasteiger partial charge in [0, 0.05) is 16.5 Å². The lowest BCUT2D eigenvalue weighted by atomic mass is 9.95. The lowest BCUT2D eigenvalue weighted by Gasteiger charge is -2.29. The van der Waals surface area contributed by atoms with Crippen molar-refractivity contribution in [2.75, 3.05) is 4.90 Å². The zero-order valence-electron chi connectivity index (χ0n) is 26.0. The highest BCUT2D eigenvalue weighted by molar-refractivity contribution is 6.19. The molecule has 0 N–H and O–H groups in total. The molecule has 1 heteroatoms. The van der Waals surface area contributed by atoms with Gasteiger partial charge in [-0.15, -0.1) is 0 Å². The van der Waals surface area contributed by atoms with E-state index in [0.29, 0.717) is 5.92 Å². The van der Waals surface area contributed by atoms with Crippen molar-refractivity contribution in [3.63, 3.8) is 0 Å². The third kappa shape index (κ3) is 4.16. The molecule has 46 heavy (non-hydrogen) atoms. The van der Waals surface area contributed by atoms with E-state index in [2.05, 4.69) is 176 Å². The number of fused-ring (bicyclic) bond motifs is 9. The number of benzene rings is 9. The normalized spacial score (nSPS) is 11.9. The van der Waals surface area contributed by atoms with Crippen LogP contribution in [0.4, 0.5) is 17.1 Å². The fraction of sp³-hybridized carbons (Fsp3) is 0.0667. The van der Waals surface area contributed by atoms with E-state index in [0.717, 1.165) is 5.69 Å². The number of hydrogen-bond acceptors (Lipinski definition) is 1. The zero-order valence-corrected chi connectivity index (χ0v) is 26.0. The summed E-state index contributed by atoms with van der Waals surface area (Å²) in [6, 6.07) is 58.5. The van der Waals surface area contributed by atoms with Crippen LogP contribution in [0.5, 0.6) is 0 Å². The quantitative estimate of drug-likeness (QED) is 0.185. The molecule has 218 valence electrons. The summed E-state index contributed by atoms with van der Waals surface area (Å²) in [5.41, 5.74) is 4.88. The van der Waals surface area contributed by atoms with Crippen molar-refractivity contribution >= 4 is 81.7 Å². The van der Waals surface area contributed by atoms with Gasteiger partial charge in [0.05, 0.1) is 11.4 Å². The zero-order chi connectivity index (χ0) is 30.8. The highest BCUT2D eigenvalue weighted by atomic mass is 15.1. The van der Waals surface area contributed by atoms with Crippen LogP contribution in [0.2, 0.25) is 0 Å². The van der Waals surface area contributed by atoms with Gasteiger partial charge in [0.15, 0.2) is 0 Å². The first-order valence-corrected chi connectivity index (χ1v) is 16.2. The van der Waals surface area contributed by atoms with Gasteiger partial charge in [-0.2, -0.15) is 0 Å². The van der Waals surface area contributed by atoms with E-state index in [1.54, 1.807) is 0 Å². The largest absolute Gasteiger partial charge is 0.309 e. The van der Waals surface area contributed by atoms with Crippen molar-refractivity contribution in [2.45, 2.75) is 19.8 Å². The Balaban J connectivity index is 1.38. The Morgan fingerprint density at radius 1 is 0.348 bits per heavy atom. The molecule has 9 rings (SSSR count). The second-order valence-electron chi connectivity index (χ2n) is 12.8. The summed E-state index contributed by atoms with van der Waals surface area (Å²) in [5.74, 6) is 0.504. The maximum absolute atomic E-state index is 2.50.